The van der Waals surface area contributed by atoms with Gasteiger partial charge in [0.15, 0.2) is 0 Å². The number of hydrogen-bond donors (Lipinski definition) is 1. The third-order valence-electron chi connectivity index (χ3n) is 4.47. The van der Waals surface area contributed by atoms with E-state index in [2.05, 4.69) is 5.32 Å². The fourth-order valence-electron chi connectivity index (χ4n) is 2.83. The van der Waals surface area contributed by atoms with E-state index in [9.17, 15) is 14.9 Å². The van der Waals surface area contributed by atoms with Crippen LogP contribution in [-0.4, -0.2) is 11.9 Å². The predicted molar refractivity (Wildman–Crippen MR) is 119 cm³/mol. The van der Waals surface area contributed by atoms with Crippen LogP contribution in [0.3, 0.4) is 0 Å². The smallest absolute Gasteiger partial charge is 0.343 e. The van der Waals surface area contributed by atoms with Crippen LogP contribution in [0.15, 0.2) is 84.4 Å². The van der Waals surface area contributed by atoms with Gasteiger partial charge in [0.05, 0.1) is 11.6 Å². The number of benzene rings is 3. The number of rotatable bonds is 6. The second-order valence-corrected chi connectivity index (χ2v) is 7.18. The summed E-state index contributed by atoms with van der Waals surface area (Å²) in [5.41, 5.74) is 1.80. The number of nitrogens with zero attached hydrogens (tertiary/aromatic N) is 1. The second-order valence-electron chi connectivity index (χ2n) is 6.74. The molecule has 0 bridgehead atoms. The maximum absolute atomic E-state index is 12.5. The second kappa shape index (κ2) is 10.2. The van der Waals surface area contributed by atoms with Gasteiger partial charge in [0.1, 0.15) is 17.4 Å². The number of halogens is 1. The van der Waals surface area contributed by atoms with Crippen LogP contribution in [0.25, 0.3) is 6.08 Å². The zero-order valence-corrected chi connectivity index (χ0v) is 17.5. The van der Waals surface area contributed by atoms with Crippen LogP contribution in [0.1, 0.15) is 34.5 Å². The lowest BCUT2D eigenvalue weighted by molar-refractivity contribution is -0.117. The molecule has 0 saturated carbocycles. The molecule has 0 spiro atoms. The minimum atomic E-state index is -0.535. The van der Waals surface area contributed by atoms with Gasteiger partial charge in [-0.15, -0.1) is 0 Å². The maximum atomic E-state index is 12.5. The van der Waals surface area contributed by atoms with Crippen LogP contribution in [-0.2, 0) is 4.79 Å². The van der Waals surface area contributed by atoms with Gasteiger partial charge in [-0.05, 0) is 60.5 Å². The van der Waals surface area contributed by atoms with Crippen molar-refractivity contribution >= 4 is 29.6 Å². The van der Waals surface area contributed by atoms with Gasteiger partial charge in [-0.3, -0.25) is 4.79 Å². The van der Waals surface area contributed by atoms with Crippen molar-refractivity contribution in [2.24, 2.45) is 0 Å². The molecule has 1 amide bonds. The van der Waals surface area contributed by atoms with Crippen molar-refractivity contribution in [1.29, 1.82) is 5.26 Å². The third kappa shape index (κ3) is 6.05. The summed E-state index contributed by atoms with van der Waals surface area (Å²) in [7, 11) is 0. The van der Waals surface area contributed by atoms with E-state index >= 15 is 0 Å². The van der Waals surface area contributed by atoms with E-state index in [1.54, 1.807) is 48.5 Å². The van der Waals surface area contributed by atoms with E-state index in [1.165, 1.54) is 6.08 Å². The lowest BCUT2D eigenvalue weighted by Crippen LogP contribution is -2.27. The summed E-state index contributed by atoms with van der Waals surface area (Å²) in [5.74, 6) is -0.723. The number of carbonyl (C=O) groups is 2. The summed E-state index contributed by atoms with van der Waals surface area (Å²) in [5, 5.41) is 12.8. The predicted octanol–water partition coefficient (Wildman–Crippen LogP) is 5.34. The minimum Gasteiger partial charge on any atom is -0.423 e. The number of carbonyl (C=O) groups excluding carboxylic acids is 2. The van der Waals surface area contributed by atoms with Crippen molar-refractivity contribution in [2.75, 3.05) is 0 Å². The van der Waals surface area contributed by atoms with E-state index in [4.69, 9.17) is 16.3 Å². The average Bonchev–Trinajstić information content (AvgIpc) is 2.78. The molecule has 3 rings (SSSR count). The molecule has 0 aliphatic rings. The topological polar surface area (TPSA) is 79.2 Å². The summed E-state index contributed by atoms with van der Waals surface area (Å²) >= 11 is 5.83. The fourth-order valence-corrected chi connectivity index (χ4v) is 2.96. The van der Waals surface area contributed by atoms with Crippen molar-refractivity contribution < 1.29 is 14.3 Å². The van der Waals surface area contributed by atoms with Gasteiger partial charge in [-0.2, -0.15) is 5.26 Å². The van der Waals surface area contributed by atoms with E-state index in [0.29, 0.717) is 21.9 Å². The highest BCUT2D eigenvalue weighted by atomic mass is 35.5. The molecule has 0 aliphatic carbocycles. The number of amides is 1. The van der Waals surface area contributed by atoms with E-state index in [0.717, 1.165) is 5.56 Å². The van der Waals surface area contributed by atoms with E-state index < -0.39 is 11.9 Å². The maximum Gasteiger partial charge on any atom is 0.343 e. The number of hydrogen-bond acceptors (Lipinski definition) is 4. The largest absolute Gasteiger partial charge is 0.423 e. The Hall–Kier alpha value is -3.88. The van der Waals surface area contributed by atoms with Gasteiger partial charge in [0.25, 0.3) is 5.91 Å². The van der Waals surface area contributed by atoms with Crippen molar-refractivity contribution in [3.05, 3.63) is 106 Å². The first-order valence-electron chi connectivity index (χ1n) is 9.51. The number of ether oxygens (including phenoxy) is 1. The molecule has 31 heavy (non-hydrogen) atoms. The Labute approximate surface area is 185 Å². The fraction of sp³-hybridized carbons (Fsp3) is 0.0800. The first-order valence-corrected chi connectivity index (χ1v) is 9.89. The molecule has 0 unspecified atom stereocenters. The lowest BCUT2D eigenvalue weighted by atomic mass is 10.1. The highest BCUT2D eigenvalue weighted by Crippen LogP contribution is 2.19. The van der Waals surface area contributed by atoms with Gasteiger partial charge in [-0.1, -0.05) is 54.1 Å². The molecule has 6 heteroatoms. The van der Waals surface area contributed by atoms with Gasteiger partial charge >= 0.3 is 5.97 Å². The van der Waals surface area contributed by atoms with Gasteiger partial charge in [-0.25, -0.2) is 4.79 Å². The highest BCUT2D eigenvalue weighted by Gasteiger charge is 2.14. The Morgan fingerprint density at radius 1 is 1.03 bits per heavy atom. The Morgan fingerprint density at radius 2 is 1.74 bits per heavy atom. The van der Waals surface area contributed by atoms with Crippen LogP contribution in [0, 0.1) is 11.3 Å². The summed E-state index contributed by atoms with van der Waals surface area (Å²) in [6, 6.07) is 24.1. The quantitative estimate of drug-likeness (QED) is 0.247. The van der Waals surface area contributed by atoms with Crippen molar-refractivity contribution in [2.45, 2.75) is 13.0 Å². The van der Waals surface area contributed by atoms with Gasteiger partial charge in [0.2, 0.25) is 0 Å². The molecule has 0 heterocycles. The van der Waals surface area contributed by atoms with E-state index in [-0.39, 0.29) is 11.6 Å². The number of nitriles is 1. The van der Waals surface area contributed by atoms with Gasteiger partial charge in [0, 0.05) is 5.02 Å². The zero-order chi connectivity index (χ0) is 22.2. The molecule has 0 aromatic heterocycles. The molecular weight excluding hydrogens is 412 g/mol. The van der Waals surface area contributed by atoms with Crippen LogP contribution >= 0.6 is 11.6 Å². The van der Waals surface area contributed by atoms with Crippen LogP contribution in [0.5, 0.6) is 5.75 Å². The van der Waals surface area contributed by atoms with Crippen LogP contribution in [0.2, 0.25) is 5.02 Å². The number of esters is 1. The first kappa shape index (κ1) is 21.8. The summed E-state index contributed by atoms with van der Waals surface area (Å²) in [4.78, 5) is 24.8. The lowest BCUT2D eigenvalue weighted by Gasteiger charge is -2.13. The Bertz CT molecular complexity index is 1150. The Balaban J connectivity index is 1.72. The number of nitrogens with one attached hydrogen (secondary N) is 1. The Kier molecular flexibility index (Phi) is 7.21. The van der Waals surface area contributed by atoms with Crippen molar-refractivity contribution in [1.82, 2.24) is 5.32 Å². The summed E-state index contributed by atoms with van der Waals surface area (Å²) in [6.07, 6.45) is 1.45. The molecule has 0 saturated heterocycles. The molecule has 1 N–H and O–H groups in total. The molecule has 5 nitrogen and oxygen atoms in total. The SMILES string of the molecule is C[C@@H](NC(=O)/C(C#N)=C/c1cccc(OC(=O)c2ccc(Cl)cc2)c1)c1ccccc1. The van der Waals surface area contributed by atoms with Gasteiger partial charge < -0.3 is 10.1 Å². The summed E-state index contributed by atoms with van der Waals surface area (Å²) in [6.45, 7) is 1.85. The monoisotopic (exact) mass is 430 g/mol. The Morgan fingerprint density at radius 3 is 2.42 bits per heavy atom. The van der Waals surface area contributed by atoms with E-state index in [1.807, 2.05) is 43.3 Å². The average molecular weight is 431 g/mol. The molecule has 154 valence electrons. The van der Waals surface area contributed by atoms with Crippen LogP contribution in [0.4, 0.5) is 0 Å². The molecule has 3 aromatic carbocycles. The van der Waals surface area contributed by atoms with Crippen LogP contribution < -0.4 is 10.1 Å². The molecule has 0 aliphatic heterocycles. The first-order chi connectivity index (χ1) is 15.0. The normalized spacial score (nSPS) is 11.8. The third-order valence-corrected chi connectivity index (χ3v) is 4.72. The molecule has 1 atom stereocenters. The summed E-state index contributed by atoms with van der Waals surface area (Å²) < 4.78 is 5.38. The standard InChI is InChI=1S/C25H19ClN2O3/c1-17(19-7-3-2-4-8-19)28-24(29)21(16-27)14-18-6-5-9-23(15-18)31-25(30)20-10-12-22(26)13-11-20/h2-15,17H,1H3,(H,28,29)/b21-14+/t17-/m1/s1. The molecule has 0 radical (unpaired) electrons. The van der Waals surface area contributed by atoms with Crippen molar-refractivity contribution in [3.8, 4) is 11.8 Å². The minimum absolute atomic E-state index is 0.0519. The molecule has 0 fully saturated rings. The zero-order valence-electron chi connectivity index (χ0n) is 16.7. The van der Waals surface area contributed by atoms with Crippen molar-refractivity contribution in [3.63, 3.8) is 0 Å². The molecular formula is C25H19ClN2O3. The molecule has 3 aromatic rings. The highest BCUT2D eigenvalue weighted by molar-refractivity contribution is 6.30.